The fraction of sp³-hybridized carbons (Fsp3) is 0.538. The molecule has 2 N–H and O–H groups in total. The molecule has 0 heterocycles. The molecule has 0 radical (unpaired) electrons. The highest BCUT2D eigenvalue weighted by atomic mass is 19.4. The van der Waals surface area contributed by atoms with Crippen LogP contribution in [0.4, 0.5) is 17.6 Å². The minimum atomic E-state index is -4.66. The van der Waals surface area contributed by atoms with Crippen LogP contribution in [0, 0.1) is 17.2 Å². The summed E-state index contributed by atoms with van der Waals surface area (Å²) in [6.45, 7) is 4.15. The van der Waals surface area contributed by atoms with Crippen LogP contribution in [0.3, 0.4) is 0 Å². The summed E-state index contributed by atoms with van der Waals surface area (Å²) < 4.78 is 51.8. The topological polar surface area (TPSA) is 26.0 Å². The van der Waals surface area contributed by atoms with Gasteiger partial charge in [0.05, 0.1) is 5.56 Å². The maximum Gasteiger partial charge on any atom is 0.419 e. The Morgan fingerprint density at radius 1 is 1.28 bits per heavy atom. The third-order valence-electron chi connectivity index (χ3n) is 3.97. The first-order chi connectivity index (χ1) is 8.21. The molecule has 0 aromatic heterocycles. The number of rotatable bonds is 2. The Labute approximate surface area is 103 Å². The van der Waals surface area contributed by atoms with Crippen LogP contribution in [-0.2, 0) is 6.18 Å². The predicted molar refractivity (Wildman–Crippen MR) is 60.5 cm³/mol. The Morgan fingerprint density at radius 2 is 1.89 bits per heavy atom. The van der Waals surface area contributed by atoms with Gasteiger partial charge >= 0.3 is 6.18 Å². The van der Waals surface area contributed by atoms with Gasteiger partial charge in [-0.2, -0.15) is 13.2 Å². The van der Waals surface area contributed by atoms with E-state index in [4.69, 9.17) is 5.73 Å². The van der Waals surface area contributed by atoms with Crippen molar-refractivity contribution >= 4 is 0 Å². The maximum absolute atomic E-state index is 14.0. The molecule has 1 aromatic carbocycles. The van der Waals surface area contributed by atoms with E-state index in [1.54, 1.807) is 0 Å². The fourth-order valence-corrected chi connectivity index (χ4v) is 2.81. The molecule has 0 bridgehead atoms. The summed E-state index contributed by atoms with van der Waals surface area (Å²) in [5.41, 5.74) is 4.26. The van der Waals surface area contributed by atoms with E-state index in [9.17, 15) is 17.6 Å². The molecule has 0 spiro atoms. The third-order valence-corrected chi connectivity index (χ3v) is 3.97. The average molecular weight is 261 g/mol. The van der Waals surface area contributed by atoms with E-state index in [0.717, 1.165) is 6.07 Å². The van der Waals surface area contributed by atoms with E-state index in [1.807, 2.05) is 13.8 Å². The lowest BCUT2D eigenvalue weighted by molar-refractivity contribution is -0.140. The standard InChI is InChI=1S/C13H15F4N/c1-12(2)9(6-18)10(12)7-4-3-5-8(11(7)14)13(15,16)17/h3-5,9-10H,6,18H2,1-2H3. The van der Waals surface area contributed by atoms with Crippen molar-refractivity contribution in [3.8, 4) is 0 Å². The number of hydrogen-bond acceptors (Lipinski definition) is 1. The monoisotopic (exact) mass is 261 g/mol. The van der Waals surface area contributed by atoms with Gasteiger partial charge in [-0.1, -0.05) is 26.0 Å². The summed E-state index contributed by atoms with van der Waals surface area (Å²) >= 11 is 0. The van der Waals surface area contributed by atoms with Crippen molar-refractivity contribution < 1.29 is 17.6 Å². The third kappa shape index (κ3) is 1.90. The molecule has 5 heteroatoms. The van der Waals surface area contributed by atoms with Crippen molar-refractivity contribution in [2.45, 2.75) is 25.9 Å². The summed E-state index contributed by atoms with van der Waals surface area (Å²) in [6, 6.07) is 3.45. The van der Waals surface area contributed by atoms with Gasteiger partial charge in [0.15, 0.2) is 0 Å². The summed E-state index contributed by atoms with van der Waals surface area (Å²) in [7, 11) is 0. The van der Waals surface area contributed by atoms with Crippen molar-refractivity contribution in [2.75, 3.05) is 6.54 Å². The fourth-order valence-electron chi connectivity index (χ4n) is 2.81. The van der Waals surface area contributed by atoms with E-state index in [1.165, 1.54) is 12.1 Å². The van der Waals surface area contributed by atoms with Crippen LogP contribution in [0.2, 0.25) is 0 Å². The normalized spacial score (nSPS) is 26.2. The zero-order valence-corrected chi connectivity index (χ0v) is 10.2. The van der Waals surface area contributed by atoms with Gasteiger partial charge in [0.1, 0.15) is 5.82 Å². The lowest BCUT2D eigenvalue weighted by atomic mass is 10.00. The Hall–Kier alpha value is -1.10. The number of halogens is 4. The largest absolute Gasteiger partial charge is 0.419 e. The number of alkyl halides is 3. The molecule has 1 nitrogen and oxygen atoms in total. The number of hydrogen-bond donors (Lipinski definition) is 1. The highest BCUT2D eigenvalue weighted by Gasteiger charge is 2.58. The summed E-state index contributed by atoms with van der Waals surface area (Å²) in [5, 5.41) is 0. The van der Waals surface area contributed by atoms with Crippen molar-refractivity contribution in [1.82, 2.24) is 0 Å². The van der Waals surface area contributed by atoms with Crippen LogP contribution in [0.1, 0.15) is 30.9 Å². The highest BCUT2D eigenvalue weighted by Crippen LogP contribution is 2.64. The SMILES string of the molecule is CC1(C)C(CN)C1c1cccc(C(F)(F)F)c1F. The lowest BCUT2D eigenvalue weighted by Gasteiger charge is -2.12. The number of benzene rings is 1. The molecule has 1 aliphatic carbocycles. The van der Waals surface area contributed by atoms with Crippen LogP contribution >= 0.6 is 0 Å². The molecule has 0 saturated heterocycles. The molecule has 1 saturated carbocycles. The van der Waals surface area contributed by atoms with Gasteiger partial charge in [-0.3, -0.25) is 0 Å². The molecule has 18 heavy (non-hydrogen) atoms. The highest BCUT2D eigenvalue weighted by molar-refractivity contribution is 5.37. The zero-order chi connectivity index (χ0) is 13.7. The molecular weight excluding hydrogens is 246 g/mol. The van der Waals surface area contributed by atoms with Crippen molar-refractivity contribution in [2.24, 2.45) is 17.1 Å². The average Bonchev–Trinajstić information content (AvgIpc) is 2.79. The maximum atomic E-state index is 14.0. The quantitative estimate of drug-likeness (QED) is 0.809. The van der Waals surface area contributed by atoms with Gasteiger partial charge in [-0.05, 0) is 35.4 Å². The second kappa shape index (κ2) is 3.95. The molecule has 1 aromatic rings. The predicted octanol–water partition coefficient (Wildman–Crippen LogP) is 3.54. The number of nitrogens with two attached hydrogens (primary N) is 1. The molecule has 1 aliphatic rings. The molecule has 2 rings (SSSR count). The van der Waals surface area contributed by atoms with Crippen LogP contribution in [-0.4, -0.2) is 6.54 Å². The van der Waals surface area contributed by atoms with Crippen LogP contribution in [0.15, 0.2) is 18.2 Å². The van der Waals surface area contributed by atoms with Gasteiger partial charge in [-0.25, -0.2) is 4.39 Å². The van der Waals surface area contributed by atoms with Gasteiger partial charge in [0.2, 0.25) is 0 Å². The van der Waals surface area contributed by atoms with Crippen molar-refractivity contribution in [3.63, 3.8) is 0 Å². The first-order valence-electron chi connectivity index (χ1n) is 5.77. The molecular formula is C13H15F4N. The first kappa shape index (κ1) is 13.3. The molecule has 0 amide bonds. The summed E-state index contributed by atoms with van der Waals surface area (Å²) in [5.74, 6) is -1.35. The Morgan fingerprint density at radius 3 is 2.33 bits per heavy atom. The van der Waals surface area contributed by atoms with E-state index in [2.05, 4.69) is 0 Å². The van der Waals surface area contributed by atoms with Gasteiger partial charge in [0, 0.05) is 0 Å². The molecule has 2 unspecified atom stereocenters. The lowest BCUT2D eigenvalue weighted by Crippen LogP contribution is -2.10. The second-order valence-corrected chi connectivity index (χ2v) is 5.35. The molecule has 100 valence electrons. The minimum Gasteiger partial charge on any atom is -0.330 e. The van der Waals surface area contributed by atoms with Gasteiger partial charge < -0.3 is 5.73 Å². The smallest absolute Gasteiger partial charge is 0.330 e. The Kier molecular flexibility index (Phi) is 2.93. The first-order valence-corrected chi connectivity index (χ1v) is 5.77. The van der Waals surface area contributed by atoms with Gasteiger partial charge in [-0.15, -0.1) is 0 Å². The van der Waals surface area contributed by atoms with Crippen LogP contribution < -0.4 is 5.73 Å². The van der Waals surface area contributed by atoms with Crippen LogP contribution in [0.25, 0.3) is 0 Å². The van der Waals surface area contributed by atoms with E-state index < -0.39 is 17.6 Å². The van der Waals surface area contributed by atoms with Crippen molar-refractivity contribution in [1.29, 1.82) is 0 Å². The summed E-state index contributed by atoms with van der Waals surface area (Å²) in [6.07, 6.45) is -4.66. The Bertz CT molecular complexity index is 465. The van der Waals surface area contributed by atoms with E-state index >= 15 is 0 Å². The van der Waals surface area contributed by atoms with E-state index in [0.29, 0.717) is 6.54 Å². The second-order valence-electron chi connectivity index (χ2n) is 5.35. The molecule has 2 atom stereocenters. The van der Waals surface area contributed by atoms with E-state index in [-0.39, 0.29) is 22.8 Å². The zero-order valence-electron chi connectivity index (χ0n) is 10.2. The Balaban J connectivity index is 2.43. The minimum absolute atomic E-state index is 0.0375. The molecule has 0 aliphatic heterocycles. The van der Waals surface area contributed by atoms with Crippen LogP contribution in [0.5, 0.6) is 0 Å². The van der Waals surface area contributed by atoms with Crippen molar-refractivity contribution in [3.05, 3.63) is 35.1 Å². The molecule has 1 fully saturated rings. The summed E-state index contributed by atoms with van der Waals surface area (Å²) in [4.78, 5) is 0. The van der Waals surface area contributed by atoms with Gasteiger partial charge in [0.25, 0.3) is 0 Å².